The van der Waals surface area contributed by atoms with Gasteiger partial charge in [-0.2, -0.15) is 5.26 Å². The van der Waals surface area contributed by atoms with Crippen molar-refractivity contribution in [2.45, 2.75) is 0 Å². The molecule has 0 fully saturated rings. The van der Waals surface area contributed by atoms with E-state index in [1.807, 2.05) is 6.07 Å². The maximum atomic E-state index is 9.82. The summed E-state index contributed by atoms with van der Waals surface area (Å²) in [6, 6.07) is 14.0. The zero-order chi connectivity index (χ0) is 17.2. The van der Waals surface area contributed by atoms with E-state index in [1.54, 1.807) is 36.5 Å². The van der Waals surface area contributed by atoms with Crippen LogP contribution >= 0.6 is 11.3 Å². The van der Waals surface area contributed by atoms with Gasteiger partial charge in [0, 0.05) is 5.56 Å². The number of hydrogen-bond acceptors (Lipinski definition) is 7. The quantitative estimate of drug-likeness (QED) is 0.542. The van der Waals surface area contributed by atoms with Crippen LogP contribution in [-0.2, 0) is 0 Å². The molecule has 0 saturated heterocycles. The predicted molar refractivity (Wildman–Crippen MR) is 101 cm³/mol. The second-order valence-corrected chi connectivity index (χ2v) is 6.10. The molecule has 0 aliphatic rings. The number of phenols is 1. The van der Waals surface area contributed by atoms with E-state index in [0.717, 1.165) is 20.9 Å². The Morgan fingerprint density at radius 1 is 1.12 bits per heavy atom. The van der Waals surface area contributed by atoms with Crippen LogP contribution in [0.1, 0.15) is 5.56 Å². The molecule has 0 unspecified atom stereocenters. The van der Waals surface area contributed by atoms with Gasteiger partial charge in [0.05, 0.1) is 11.8 Å². The minimum atomic E-state index is 0. The van der Waals surface area contributed by atoms with Crippen LogP contribution in [0.2, 0.25) is 0 Å². The van der Waals surface area contributed by atoms with Crippen LogP contribution in [0, 0.1) is 11.3 Å². The molecule has 0 radical (unpaired) electrons. The van der Waals surface area contributed by atoms with Gasteiger partial charge in [0.25, 0.3) is 0 Å². The van der Waals surface area contributed by atoms with Crippen LogP contribution in [0.25, 0.3) is 20.9 Å². The van der Waals surface area contributed by atoms with Crippen LogP contribution < -0.4 is 4.74 Å². The third-order valence-electron chi connectivity index (χ3n) is 3.51. The summed E-state index contributed by atoms with van der Waals surface area (Å²) in [5.41, 5.74) is 1.87. The van der Waals surface area contributed by atoms with Gasteiger partial charge in [-0.15, -0.1) is 0 Å². The number of nitrogens with zero attached hydrogens (tertiary/aromatic N) is 4. The monoisotopic (exact) mass is 386 g/mol. The second-order valence-electron chi connectivity index (χ2n) is 5.12. The summed E-state index contributed by atoms with van der Waals surface area (Å²) in [4.78, 5) is 13.4. The Morgan fingerprint density at radius 2 is 1.96 bits per heavy atom. The third kappa shape index (κ3) is 3.78. The zero-order valence-electron chi connectivity index (χ0n) is 12.7. The van der Waals surface area contributed by atoms with Gasteiger partial charge in [-0.05, 0) is 30.3 Å². The van der Waals surface area contributed by atoms with E-state index in [-0.39, 0.29) is 57.1 Å². The first kappa shape index (κ1) is 18.9. The molecule has 0 aliphatic heterocycles. The molecule has 0 saturated carbocycles. The molecule has 0 amide bonds. The van der Waals surface area contributed by atoms with E-state index in [2.05, 4.69) is 21.0 Å². The molecule has 2 aromatic carbocycles. The predicted octanol–water partition coefficient (Wildman–Crippen LogP) is 3.47. The van der Waals surface area contributed by atoms with Crippen molar-refractivity contribution in [3.8, 4) is 33.9 Å². The molecule has 4 rings (SSSR count). The number of aromatic hydroxyl groups is 1. The molecule has 8 heteroatoms. The Kier molecular flexibility index (Phi) is 5.98. The molecular formula is C18H11KN4O2S. The van der Waals surface area contributed by atoms with Crippen LogP contribution in [-0.4, -0.2) is 71.4 Å². The normalized spacial score (nSPS) is 10.1. The standard InChI is InChI=1S/C18H10N4O2S.K.H/c19-8-12-7-11(17-22-13-9-20-10-21-18(13)25-17)5-6-15(12)24-16-4-2-1-3-14(16)23;;/h1-7,9-10,23H;;. The summed E-state index contributed by atoms with van der Waals surface area (Å²) in [7, 11) is 0. The number of benzene rings is 2. The van der Waals surface area contributed by atoms with Crippen LogP contribution in [0.4, 0.5) is 0 Å². The van der Waals surface area contributed by atoms with E-state index < -0.39 is 0 Å². The van der Waals surface area contributed by atoms with Crippen molar-refractivity contribution in [2.75, 3.05) is 0 Å². The number of phenolic OH excluding ortho intramolecular Hbond substituents is 1. The van der Waals surface area contributed by atoms with Crippen molar-refractivity contribution in [1.82, 2.24) is 15.0 Å². The van der Waals surface area contributed by atoms with Crippen LogP contribution in [0.5, 0.6) is 17.2 Å². The van der Waals surface area contributed by atoms with E-state index in [9.17, 15) is 10.4 Å². The number of hydrogen-bond donors (Lipinski definition) is 1. The first-order chi connectivity index (χ1) is 12.2. The fourth-order valence-electron chi connectivity index (χ4n) is 2.31. The van der Waals surface area contributed by atoms with Gasteiger partial charge in [0.1, 0.15) is 33.5 Å². The van der Waals surface area contributed by atoms with Gasteiger partial charge >= 0.3 is 51.4 Å². The molecule has 2 aromatic heterocycles. The molecule has 2 heterocycles. The zero-order valence-corrected chi connectivity index (χ0v) is 13.6. The fourth-order valence-corrected chi connectivity index (χ4v) is 3.19. The molecule has 1 N–H and O–H groups in total. The van der Waals surface area contributed by atoms with Crippen molar-refractivity contribution >= 4 is 73.1 Å². The van der Waals surface area contributed by atoms with Crippen molar-refractivity contribution in [2.24, 2.45) is 0 Å². The van der Waals surface area contributed by atoms with E-state index >= 15 is 0 Å². The second kappa shape index (κ2) is 8.22. The Hall–Kier alpha value is -1.86. The van der Waals surface area contributed by atoms with Crippen molar-refractivity contribution in [3.63, 3.8) is 0 Å². The van der Waals surface area contributed by atoms with Gasteiger partial charge in [-0.1, -0.05) is 23.5 Å². The first-order valence-electron chi connectivity index (χ1n) is 7.31. The average Bonchev–Trinajstić information content (AvgIpc) is 3.08. The van der Waals surface area contributed by atoms with Crippen LogP contribution in [0.15, 0.2) is 55.0 Å². The topological polar surface area (TPSA) is 91.9 Å². The van der Waals surface area contributed by atoms with Gasteiger partial charge in [0.2, 0.25) is 0 Å². The minimum absolute atomic E-state index is 0. The summed E-state index contributed by atoms with van der Waals surface area (Å²) in [6.07, 6.45) is 3.14. The van der Waals surface area contributed by atoms with E-state index in [4.69, 9.17) is 4.74 Å². The third-order valence-corrected chi connectivity index (χ3v) is 4.53. The van der Waals surface area contributed by atoms with Crippen molar-refractivity contribution < 1.29 is 9.84 Å². The van der Waals surface area contributed by atoms with Gasteiger partial charge in [-0.25, -0.2) is 15.0 Å². The molecule has 122 valence electrons. The molecule has 6 nitrogen and oxygen atoms in total. The summed E-state index contributed by atoms with van der Waals surface area (Å²) in [5.74, 6) is 0.677. The molecule has 26 heavy (non-hydrogen) atoms. The van der Waals surface area contributed by atoms with Crippen molar-refractivity contribution in [1.29, 1.82) is 5.26 Å². The Labute approximate surface area is 195 Å². The average molecular weight is 386 g/mol. The number of fused-ring (bicyclic) bond motifs is 1. The summed E-state index contributed by atoms with van der Waals surface area (Å²) >= 11 is 1.43. The first-order valence-corrected chi connectivity index (χ1v) is 8.13. The van der Waals surface area contributed by atoms with E-state index in [0.29, 0.717) is 17.1 Å². The van der Waals surface area contributed by atoms with E-state index in [1.165, 1.54) is 23.7 Å². The molecule has 0 aliphatic carbocycles. The summed E-state index contributed by atoms with van der Waals surface area (Å²) in [6.45, 7) is 0. The number of aromatic nitrogens is 3. The number of nitriles is 1. The molecular weight excluding hydrogens is 375 g/mol. The number of para-hydroxylation sites is 2. The number of ether oxygens (including phenoxy) is 1. The fraction of sp³-hybridized carbons (Fsp3) is 0. The molecule has 4 aromatic rings. The molecule has 0 atom stereocenters. The van der Waals surface area contributed by atoms with Gasteiger partial charge in [-0.3, -0.25) is 0 Å². The number of thiazole rings is 1. The Morgan fingerprint density at radius 3 is 2.73 bits per heavy atom. The Bertz CT molecular complexity index is 1090. The summed E-state index contributed by atoms with van der Waals surface area (Å²) < 4.78 is 5.67. The number of rotatable bonds is 3. The van der Waals surface area contributed by atoms with Crippen LogP contribution in [0.3, 0.4) is 0 Å². The molecule has 0 spiro atoms. The Balaban J connectivity index is 0.00000196. The van der Waals surface area contributed by atoms with Gasteiger partial charge < -0.3 is 9.84 Å². The SMILES string of the molecule is N#Cc1cc(-c2nc3cncnc3s2)ccc1Oc1ccccc1O.[KH]. The van der Waals surface area contributed by atoms with Gasteiger partial charge in [0.15, 0.2) is 11.5 Å². The van der Waals surface area contributed by atoms with Crippen molar-refractivity contribution in [3.05, 3.63) is 60.6 Å². The molecule has 0 bridgehead atoms. The summed E-state index contributed by atoms with van der Waals surface area (Å²) in [5, 5.41) is 20.0. The maximum absolute atomic E-state index is 9.82.